The van der Waals surface area contributed by atoms with E-state index in [9.17, 15) is 0 Å². The van der Waals surface area contributed by atoms with Crippen LogP contribution in [0, 0.1) is 6.92 Å². The number of aryl methyl sites for hydroxylation is 1. The molecule has 0 spiro atoms. The Hall–Kier alpha value is -1.64. The molecular weight excluding hydrogens is 162 g/mol. The predicted octanol–water partition coefficient (Wildman–Crippen LogP) is 1.39. The molecule has 0 amide bonds. The lowest BCUT2D eigenvalue weighted by atomic mass is 10.1. The SMILES string of the molecule is CN=C/C(=C\N)c1ncccc1C. The van der Waals surface area contributed by atoms with Crippen molar-refractivity contribution < 1.29 is 0 Å². The van der Waals surface area contributed by atoms with Crippen LogP contribution in [0.15, 0.2) is 29.5 Å². The van der Waals surface area contributed by atoms with Crippen LogP contribution in [0.1, 0.15) is 11.3 Å². The van der Waals surface area contributed by atoms with Crippen LogP contribution in [0.2, 0.25) is 0 Å². The van der Waals surface area contributed by atoms with Gasteiger partial charge in [0.2, 0.25) is 0 Å². The van der Waals surface area contributed by atoms with E-state index in [4.69, 9.17) is 5.73 Å². The molecule has 1 rings (SSSR count). The number of rotatable bonds is 2. The van der Waals surface area contributed by atoms with E-state index in [0.29, 0.717) is 0 Å². The first kappa shape index (κ1) is 9.45. The van der Waals surface area contributed by atoms with Gasteiger partial charge < -0.3 is 5.73 Å². The zero-order chi connectivity index (χ0) is 9.68. The number of hydrogen-bond acceptors (Lipinski definition) is 3. The maximum absolute atomic E-state index is 5.47. The molecule has 68 valence electrons. The van der Waals surface area contributed by atoms with Crippen molar-refractivity contribution in [3.8, 4) is 0 Å². The van der Waals surface area contributed by atoms with Crippen molar-refractivity contribution in [2.75, 3.05) is 7.05 Å². The summed E-state index contributed by atoms with van der Waals surface area (Å²) in [6.45, 7) is 2.00. The van der Waals surface area contributed by atoms with Gasteiger partial charge in [-0.25, -0.2) is 0 Å². The summed E-state index contributed by atoms with van der Waals surface area (Å²) in [6, 6.07) is 3.89. The van der Waals surface area contributed by atoms with E-state index in [1.165, 1.54) is 6.20 Å². The first-order valence-electron chi connectivity index (χ1n) is 4.05. The van der Waals surface area contributed by atoms with Crippen LogP contribution in [0.3, 0.4) is 0 Å². The quantitative estimate of drug-likeness (QED) is 0.690. The van der Waals surface area contributed by atoms with E-state index in [2.05, 4.69) is 9.98 Å². The Morgan fingerprint density at radius 3 is 2.92 bits per heavy atom. The summed E-state index contributed by atoms with van der Waals surface area (Å²) < 4.78 is 0. The Balaban J connectivity index is 3.13. The second kappa shape index (κ2) is 4.40. The molecule has 3 heteroatoms. The minimum atomic E-state index is 0.848. The maximum Gasteiger partial charge on any atom is 0.0760 e. The van der Waals surface area contributed by atoms with E-state index in [0.717, 1.165) is 16.8 Å². The van der Waals surface area contributed by atoms with Crippen molar-refractivity contribution in [3.63, 3.8) is 0 Å². The van der Waals surface area contributed by atoms with Crippen LogP contribution in [-0.2, 0) is 0 Å². The van der Waals surface area contributed by atoms with Crippen LogP contribution in [0.5, 0.6) is 0 Å². The van der Waals surface area contributed by atoms with E-state index < -0.39 is 0 Å². The van der Waals surface area contributed by atoms with E-state index in [1.807, 2.05) is 19.1 Å². The second-order valence-electron chi connectivity index (χ2n) is 2.68. The van der Waals surface area contributed by atoms with E-state index >= 15 is 0 Å². The fraction of sp³-hybridized carbons (Fsp3) is 0.200. The molecule has 13 heavy (non-hydrogen) atoms. The van der Waals surface area contributed by atoms with Gasteiger partial charge in [-0.3, -0.25) is 9.98 Å². The highest BCUT2D eigenvalue weighted by Crippen LogP contribution is 2.12. The minimum absolute atomic E-state index is 0.848. The van der Waals surface area contributed by atoms with Crippen molar-refractivity contribution in [1.29, 1.82) is 0 Å². The largest absolute Gasteiger partial charge is 0.404 e. The topological polar surface area (TPSA) is 51.3 Å². The number of nitrogens with two attached hydrogens (primary N) is 1. The number of nitrogens with zero attached hydrogens (tertiary/aromatic N) is 2. The van der Waals surface area contributed by atoms with Gasteiger partial charge in [0.25, 0.3) is 0 Å². The summed E-state index contributed by atoms with van der Waals surface area (Å²) in [4.78, 5) is 8.14. The number of allylic oxidation sites excluding steroid dienone is 1. The first-order chi connectivity index (χ1) is 6.29. The van der Waals surface area contributed by atoms with Gasteiger partial charge in [0.15, 0.2) is 0 Å². The van der Waals surface area contributed by atoms with Crippen molar-refractivity contribution in [2.45, 2.75) is 6.92 Å². The van der Waals surface area contributed by atoms with Gasteiger partial charge in [-0.2, -0.15) is 0 Å². The fourth-order valence-electron chi connectivity index (χ4n) is 1.11. The Bertz CT molecular complexity index is 340. The van der Waals surface area contributed by atoms with Crippen LogP contribution in [0.4, 0.5) is 0 Å². The average Bonchev–Trinajstić information content (AvgIpc) is 2.16. The van der Waals surface area contributed by atoms with E-state index in [1.54, 1.807) is 19.5 Å². The summed E-state index contributed by atoms with van der Waals surface area (Å²) in [5.74, 6) is 0. The first-order valence-corrected chi connectivity index (χ1v) is 4.05. The third-order valence-corrected chi connectivity index (χ3v) is 1.73. The Morgan fingerprint density at radius 2 is 2.38 bits per heavy atom. The second-order valence-corrected chi connectivity index (χ2v) is 2.68. The lowest BCUT2D eigenvalue weighted by Gasteiger charge is -2.02. The van der Waals surface area contributed by atoms with Crippen LogP contribution in [-0.4, -0.2) is 18.2 Å². The standard InChI is InChI=1S/C10H13N3/c1-8-4-3-5-13-10(8)9(6-11)7-12-2/h3-7H,11H2,1-2H3/b9-6+,12-7?. The Labute approximate surface area is 78.0 Å². The third kappa shape index (κ3) is 2.15. The highest BCUT2D eigenvalue weighted by molar-refractivity contribution is 6.09. The molecule has 0 unspecified atom stereocenters. The zero-order valence-electron chi connectivity index (χ0n) is 7.86. The zero-order valence-corrected chi connectivity index (χ0v) is 7.86. The van der Waals surface area contributed by atoms with Gasteiger partial charge in [-0.15, -0.1) is 0 Å². The fourth-order valence-corrected chi connectivity index (χ4v) is 1.11. The van der Waals surface area contributed by atoms with Gasteiger partial charge in [0.05, 0.1) is 5.69 Å². The predicted molar refractivity (Wildman–Crippen MR) is 55.6 cm³/mol. The molecule has 1 aromatic rings. The summed E-state index contributed by atoms with van der Waals surface area (Å²) in [5, 5.41) is 0. The number of aromatic nitrogens is 1. The Morgan fingerprint density at radius 1 is 1.62 bits per heavy atom. The number of hydrogen-bond donors (Lipinski definition) is 1. The van der Waals surface area contributed by atoms with Gasteiger partial charge >= 0.3 is 0 Å². The lowest BCUT2D eigenvalue weighted by molar-refractivity contribution is 1.22. The highest BCUT2D eigenvalue weighted by Gasteiger charge is 2.01. The van der Waals surface area contributed by atoms with Crippen LogP contribution < -0.4 is 5.73 Å². The summed E-state index contributed by atoms with van der Waals surface area (Å²) in [6.07, 6.45) is 4.97. The molecule has 0 bridgehead atoms. The summed E-state index contributed by atoms with van der Waals surface area (Å²) >= 11 is 0. The molecule has 0 aliphatic rings. The maximum atomic E-state index is 5.47. The van der Waals surface area contributed by atoms with Crippen molar-refractivity contribution in [3.05, 3.63) is 35.8 Å². The lowest BCUT2D eigenvalue weighted by Crippen LogP contribution is -1.96. The van der Waals surface area contributed by atoms with Crippen LogP contribution in [0.25, 0.3) is 5.57 Å². The number of pyridine rings is 1. The molecule has 0 fully saturated rings. The smallest absolute Gasteiger partial charge is 0.0760 e. The van der Waals surface area contributed by atoms with Gasteiger partial charge in [0.1, 0.15) is 0 Å². The third-order valence-electron chi connectivity index (χ3n) is 1.73. The molecule has 1 aromatic heterocycles. The molecule has 0 aliphatic carbocycles. The van der Waals surface area contributed by atoms with Crippen molar-refractivity contribution in [1.82, 2.24) is 4.98 Å². The number of aliphatic imine (C=N–C) groups is 1. The minimum Gasteiger partial charge on any atom is -0.404 e. The van der Waals surface area contributed by atoms with Gasteiger partial charge in [0, 0.05) is 31.2 Å². The molecule has 1 heterocycles. The monoisotopic (exact) mass is 175 g/mol. The molecular formula is C10H13N3. The van der Waals surface area contributed by atoms with Gasteiger partial charge in [-0.05, 0) is 18.6 Å². The molecule has 0 saturated carbocycles. The van der Waals surface area contributed by atoms with Crippen molar-refractivity contribution in [2.24, 2.45) is 10.7 Å². The molecule has 0 saturated heterocycles. The molecule has 3 nitrogen and oxygen atoms in total. The summed E-state index contributed by atoms with van der Waals surface area (Å²) in [7, 11) is 1.71. The Kier molecular flexibility index (Phi) is 3.20. The van der Waals surface area contributed by atoms with Crippen LogP contribution >= 0.6 is 0 Å². The summed E-state index contributed by atoms with van der Waals surface area (Å²) in [5.41, 5.74) is 8.30. The molecule has 0 aromatic carbocycles. The van der Waals surface area contributed by atoms with E-state index in [-0.39, 0.29) is 0 Å². The van der Waals surface area contributed by atoms with Crippen molar-refractivity contribution >= 4 is 11.8 Å². The molecule has 0 aliphatic heterocycles. The highest BCUT2D eigenvalue weighted by atomic mass is 14.7. The average molecular weight is 175 g/mol. The molecule has 0 radical (unpaired) electrons. The molecule has 2 N–H and O–H groups in total. The van der Waals surface area contributed by atoms with Gasteiger partial charge in [-0.1, -0.05) is 6.07 Å². The molecule has 0 atom stereocenters. The normalized spacial score (nSPS) is 12.3.